The second-order valence-corrected chi connectivity index (χ2v) is 4.52. The minimum atomic E-state index is -0.300. The molecule has 1 saturated heterocycles. The highest BCUT2D eigenvalue weighted by Crippen LogP contribution is 2.22. The van der Waals surface area contributed by atoms with Gasteiger partial charge in [-0.3, -0.25) is 4.79 Å². The van der Waals surface area contributed by atoms with Gasteiger partial charge in [0.05, 0.1) is 6.04 Å². The molecule has 0 aromatic carbocycles. The van der Waals surface area contributed by atoms with E-state index < -0.39 is 0 Å². The number of hydrogen-bond donors (Lipinski definition) is 1. The number of rotatable bonds is 2. The number of carbonyl (C=O) groups is 1. The Labute approximate surface area is 86.6 Å². The summed E-state index contributed by atoms with van der Waals surface area (Å²) in [6.07, 6.45) is 2.96. The van der Waals surface area contributed by atoms with Gasteiger partial charge in [-0.15, -0.1) is 0 Å². The monoisotopic (exact) mass is 198 g/mol. The molecule has 1 aliphatic heterocycles. The molecule has 2 N–H and O–H groups in total. The number of carbonyl (C=O) groups excluding carboxylic acids is 1. The molecular weight excluding hydrogens is 176 g/mol. The minimum absolute atomic E-state index is 0.131. The van der Waals surface area contributed by atoms with Crippen molar-refractivity contribution in [2.75, 3.05) is 6.54 Å². The summed E-state index contributed by atoms with van der Waals surface area (Å²) in [7, 11) is 0. The number of amides is 1. The zero-order chi connectivity index (χ0) is 10.7. The predicted molar refractivity (Wildman–Crippen MR) is 57.8 cm³/mol. The summed E-state index contributed by atoms with van der Waals surface area (Å²) in [5.41, 5.74) is 5.75. The Hall–Kier alpha value is -0.570. The van der Waals surface area contributed by atoms with Crippen molar-refractivity contribution in [2.24, 2.45) is 11.7 Å². The molecule has 0 aromatic heterocycles. The minimum Gasteiger partial charge on any atom is -0.339 e. The molecule has 1 aliphatic rings. The maximum absolute atomic E-state index is 11.8. The van der Waals surface area contributed by atoms with E-state index in [2.05, 4.69) is 13.8 Å². The SMILES string of the molecule is CC[C@@H](N)C(=O)N1CCC(C)CC1C. The molecule has 14 heavy (non-hydrogen) atoms. The number of piperidine rings is 1. The van der Waals surface area contributed by atoms with E-state index in [-0.39, 0.29) is 11.9 Å². The summed E-state index contributed by atoms with van der Waals surface area (Å²) in [5, 5.41) is 0. The molecule has 2 unspecified atom stereocenters. The van der Waals surface area contributed by atoms with Crippen LogP contribution in [0.4, 0.5) is 0 Å². The molecule has 1 rings (SSSR count). The Morgan fingerprint density at radius 3 is 2.71 bits per heavy atom. The molecule has 3 atom stereocenters. The Kier molecular flexibility index (Phi) is 3.93. The second kappa shape index (κ2) is 4.78. The van der Waals surface area contributed by atoms with Gasteiger partial charge in [-0.2, -0.15) is 0 Å². The van der Waals surface area contributed by atoms with Crippen molar-refractivity contribution in [1.82, 2.24) is 4.90 Å². The fourth-order valence-corrected chi connectivity index (χ4v) is 2.12. The highest BCUT2D eigenvalue weighted by atomic mass is 16.2. The van der Waals surface area contributed by atoms with Gasteiger partial charge in [-0.1, -0.05) is 13.8 Å². The third-order valence-electron chi connectivity index (χ3n) is 3.18. The van der Waals surface area contributed by atoms with Crippen molar-refractivity contribution in [2.45, 2.75) is 52.1 Å². The normalized spacial score (nSPS) is 30.1. The average molecular weight is 198 g/mol. The lowest BCUT2D eigenvalue weighted by Gasteiger charge is -2.37. The highest BCUT2D eigenvalue weighted by molar-refractivity contribution is 5.81. The van der Waals surface area contributed by atoms with Crippen LogP contribution in [0.25, 0.3) is 0 Å². The van der Waals surface area contributed by atoms with Crippen LogP contribution in [0.2, 0.25) is 0 Å². The molecule has 1 fully saturated rings. The predicted octanol–water partition coefficient (Wildman–Crippen LogP) is 1.37. The summed E-state index contributed by atoms with van der Waals surface area (Å²) in [6.45, 7) is 7.21. The van der Waals surface area contributed by atoms with E-state index in [1.807, 2.05) is 11.8 Å². The lowest BCUT2D eigenvalue weighted by molar-refractivity contribution is -0.136. The smallest absolute Gasteiger partial charge is 0.239 e. The molecule has 0 spiro atoms. The number of likely N-dealkylation sites (tertiary alicyclic amines) is 1. The quantitative estimate of drug-likeness (QED) is 0.728. The highest BCUT2D eigenvalue weighted by Gasteiger charge is 2.28. The molecule has 0 saturated carbocycles. The Bertz CT molecular complexity index is 205. The van der Waals surface area contributed by atoms with E-state index in [1.54, 1.807) is 0 Å². The van der Waals surface area contributed by atoms with Crippen LogP contribution in [0.1, 0.15) is 40.0 Å². The molecular formula is C11H22N2O. The fraction of sp³-hybridized carbons (Fsp3) is 0.909. The first-order valence-electron chi connectivity index (χ1n) is 5.62. The fourth-order valence-electron chi connectivity index (χ4n) is 2.12. The van der Waals surface area contributed by atoms with Crippen LogP contribution in [-0.4, -0.2) is 29.4 Å². The summed E-state index contributed by atoms with van der Waals surface area (Å²) < 4.78 is 0. The summed E-state index contributed by atoms with van der Waals surface area (Å²) in [6, 6.07) is 0.0645. The average Bonchev–Trinajstić information content (AvgIpc) is 2.15. The first-order chi connectivity index (χ1) is 6.56. The topological polar surface area (TPSA) is 46.3 Å². The van der Waals surface area contributed by atoms with E-state index in [4.69, 9.17) is 5.73 Å². The summed E-state index contributed by atoms with van der Waals surface area (Å²) in [4.78, 5) is 13.8. The van der Waals surface area contributed by atoms with Crippen LogP contribution in [0.5, 0.6) is 0 Å². The number of nitrogens with two attached hydrogens (primary N) is 1. The lowest BCUT2D eigenvalue weighted by atomic mass is 9.93. The molecule has 82 valence electrons. The lowest BCUT2D eigenvalue weighted by Crippen LogP contribution is -2.50. The molecule has 1 heterocycles. The first kappa shape index (κ1) is 11.5. The number of hydrogen-bond acceptors (Lipinski definition) is 2. The van der Waals surface area contributed by atoms with Crippen LogP contribution in [-0.2, 0) is 4.79 Å². The molecule has 0 aliphatic carbocycles. The van der Waals surface area contributed by atoms with Gasteiger partial charge in [-0.05, 0) is 32.1 Å². The van der Waals surface area contributed by atoms with Crippen molar-refractivity contribution in [3.05, 3.63) is 0 Å². The molecule has 3 nitrogen and oxygen atoms in total. The van der Waals surface area contributed by atoms with Crippen molar-refractivity contribution in [3.63, 3.8) is 0 Å². The van der Waals surface area contributed by atoms with E-state index in [1.165, 1.54) is 0 Å². The second-order valence-electron chi connectivity index (χ2n) is 4.52. The molecule has 0 aromatic rings. The molecule has 0 radical (unpaired) electrons. The number of nitrogens with zero attached hydrogens (tertiary/aromatic N) is 1. The molecule has 3 heteroatoms. The van der Waals surface area contributed by atoms with Gasteiger partial charge < -0.3 is 10.6 Å². The molecule has 1 amide bonds. The third kappa shape index (κ3) is 2.47. The first-order valence-corrected chi connectivity index (χ1v) is 5.62. The van der Waals surface area contributed by atoms with Gasteiger partial charge in [0, 0.05) is 12.6 Å². The maximum Gasteiger partial charge on any atom is 0.239 e. The maximum atomic E-state index is 11.8. The van der Waals surface area contributed by atoms with Gasteiger partial charge in [0.1, 0.15) is 0 Å². The van der Waals surface area contributed by atoms with Gasteiger partial charge in [0.25, 0.3) is 0 Å². The third-order valence-corrected chi connectivity index (χ3v) is 3.18. The van der Waals surface area contributed by atoms with Crippen LogP contribution < -0.4 is 5.73 Å². The standard InChI is InChI=1S/C11H22N2O/c1-4-10(12)11(14)13-6-5-8(2)7-9(13)3/h8-10H,4-7,12H2,1-3H3/t8?,9?,10-/m1/s1. The Morgan fingerprint density at radius 1 is 1.57 bits per heavy atom. The van der Waals surface area contributed by atoms with Gasteiger partial charge in [0.15, 0.2) is 0 Å². The van der Waals surface area contributed by atoms with Crippen LogP contribution >= 0.6 is 0 Å². The van der Waals surface area contributed by atoms with E-state index in [0.717, 1.165) is 31.7 Å². The Morgan fingerprint density at radius 2 is 2.21 bits per heavy atom. The van der Waals surface area contributed by atoms with Crippen LogP contribution in [0.3, 0.4) is 0 Å². The van der Waals surface area contributed by atoms with Crippen molar-refractivity contribution < 1.29 is 4.79 Å². The molecule has 0 bridgehead atoms. The van der Waals surface area contributed by atoms with E-state index >= 15 is 0 Å². The van der Waals surface area contributed by atoms with Gasteiger partial charge in [0.2, 0.25) is 5.91 Å². The van der Waals surface area contributed by atoms with Crippen molar-refractivity contribution >= 4 is 5.91 Å². The Balaban J connectivity index is 2.55. The van der Waals surface area contributed by atoms with Crippen molar-refractivity contribution in [1.29, 1.82) is 0 Å². The summed E-state index contributed by atoms with van der Waals surface area (Å²) >= 11 is 0. The zero-order valence-corrected chi connectivity index (χ0v) is 9.49. The largest absolute Gasteiger partial charge is 0.339 e. The van der Waals surface area contributed by atoms with Crippen LogP contribution in [0, 0.1) is 5.92 Å². The van der Waals surface area contributed by atoms with E-state index in [0.29, 0.717) is 6.04 Å². The summed E-state index contributed by atoms with van der Waals surface area (Å²) in [5.74, 6) is 0.874. The van der Waals surface area contributed by atoms with Gasteiger partial charge in [-0.25, -0.2) is 0 Å². The van der Waals surface area contributed by atoms with Crippen LogP contribution in [0.15, 0.2) is 0 Å². The van der Waals surface area contributed by atoms with Gasteiger partial charge >= 0.3 is 0 Å². The van der Waals surface area contributed by atoms with Crippen molar-refractivity contribution in [3.8, 4) is 0 Å². The zero-order valence-electron chi connectivity index (χ0n) is 9.49. The van der Waals surface area contributed by atoms with E-state index in [9.17, 15) is 4.79 Å².